The lowest BCUT2D eigenvalue weighted by Gasteiger charge is -2.27. The quantitative estimate of drug-likeness (QED) is 0.712. The first kappa shape index (κ1) is 18.7. The van der Waals surface area contributed by atoms with Gasteiger partial charge in [-0.1, -0.05) is 19.1 Å². The van der Waals surface area contributed by atoms with Crippen molar-refractivity contribution in [2.45, 2.75) is 20.3 Å². The van der Waals surface area contributed by atoms with Crippen molar-refractivity contribution in [3.63, 3.8) is 0 Å². The Morgan fingerprint density at radius 3 is 2.82 bits per heavy atom. The molecule has 0 aliphatic carbocycles. The average Bonchev–Trinajstić information content (AvgIpc) is 2.74. The summed E-state index contributed by atoms with van der Waals surface area (Å²) in [6.45, 7) is 5.64. The first-order valence-corrected chi connectivity index (χ1v) is 10.8. The van der Waals surface area contributed by atoms with E-state index in [2.05, 4.69) is 34.3 Å². The maximum atomic E-state index is 13.3. The molecule has 1 N–H and O–H groups in total. The zero-order chi connectivity index (χ0) is 19.5. The monoisotopic (exact) mass is 392 g/mol. The number of carbonyl (C=O) groups is 1. The van der Waals surface area contributed by atoms with Crippen LogP contribution in [0.4, 0.5) is 11.4 Å². The van der Waals surface area contributed by atoms with Crippen molar-refractivity contribution in [3.05, 3.63) is 59.4 Å². The average molecular weight is 393 g/mol. The van der Waals surface area contributed by atoms with Crippen LogP contribution in [0.25, 0.3) is 11.0 Å². The summed E-state index contributed by atoms with van der Waals surface area (Å²) >= 11 is 1.89. The number of aryl methyl sites for hydroxylation is 2. The summed E-state index contributed by atoms with van der Waals surface area (Å²) in [5.74, 6) is 1.99. The van der Waals surface area contributed by atoms with E-state index in [4.69, 9.17) is 0 Å². The Hall–Kier alpha value is -2.60. The number of nitrogens with one attached hydrogen (secondary N) is 1. The summed E-state index contributed by atoms with van der Waals surface area (Å²) in [7, 11) is 0. The van der Waals surface area contributed by atoms with Gasteiger partial charge >= 0.3 is 0 Å². The molecule has 3 aromatic rings. The van der Waals surface area contributed by atoms with Crippen LogP contribution in [0.3, 0.4) is 0 Å². The number of amides is 1. The van der Waals surface area contributed by atoms with Crippen molar-refractivity contribution in [1.29, 1.82) is 0 Å². The Bertz CT molecular complexity index is 1010. The number of carbonyl (C=O) groups excluding carboxylic acids is 1. The van der Waals surface area contributed by atoms with Crippen molar-refractivity contribution in [3.8, 4) is 0 Å². The fourth-order valence-corrected chi connectivity index (χ4v) is 4.32. The van der Waals surface area contributed by atoms with Gasteiger partial charge in [-0.05, 0) is 43.2 Å². The second kappa shape index (κ2) is 8.19. The molecule has 0 unspecified atom stereocenters. The molecule has 6 heteroatoms. The van der Waals surface area contributed by atoms with Crippen molar-refractivity contribution in [1.82, 2.24) is 14.9 Å². The van der Waals surface area contributed by atoms with Crippen LogP contribution >= 0.6 is 11.8 Å². The van der Waals surface area contributed by atoms with Gasteiger partial charge in [-0.3, -0.25) is 4.79 Å². The number of anilines is 2. The lowest BCUT2D eigenvalue weighted by atomic mass is 10.1. The summed E-state index contributed by atoms with van der Waals surface area (Å²) in [5, 5.41) is 4.36. The molecular formula is C22H24N4OS. The van der Waals surface area contributed by atoms with E-state index in [1.807, 2.05) is 47.9 Å². The van der Waals surface area contributed by atoms with Crippen molar-refractivity contribution < 1.29 is 4.79 Å². The second-order valence-electron chi connectivity index (χ2n) is 6.95. The molecule has 5 nitrogen and oxygen atoms in total. The van der Waals surface area contributed by atoms with Gasteiger partial charge in [-0.2, -0.15) is 11.8 Å². The maximum absolute atomic E-state index is 13.3. The Balaban J connectivity index is 1.80. The lowest BCUT2D eigenvalue weighted by Crippen LogP contribution is -2.38. The van der Waals surface area contributed by atoms with E-state index in [9.17, 15) is 4.79 Å². The fourth-order valence-electron chi connectivity index (χ4n) is 3.42. The minimum absolute atomic E-state index is 0.0319. The van der Waals surface area contributed by atoms with Crippen LogP contribution in [-0.4, -0.2) is 45.4 Å². The molecule has 1 aliphatic heterocycles. The van der Waals surface area contributed by atoms with E-state index in [0.29, 0.717) is 11.2 Å². The topological polar surface area (TPSA) is 58.1 Å². The number of fused-ring (bicyclic) bond motifs is 1. The third kappa shape index (κ3) is 3.83. The number of aromatic nitrogens is 2. The number of thioether (sulfide) groups is 1. The molecule has 0 atom stereocenters. The van der Waals surface area contributed by atoms with Gasteiger partial charge in [0.25, 0.3) is 5.91 Å². The van der Waals surface area contributed by atoms with Crippen LogP contribution in [0.1, 0.15) is 28.5 Å². The standard InChI is InChI=1S/C22H24N4OS/c1-3-16-5-4-6-17(13-16)25-20-18-8-7-15(2)24-21(18)23-14-19(20)22(27)26-9-11-28-12-10-26/h4-8,13-14H,3,9-12H2,1-2H3,(H,23,24,25). The van der Waals surface area contributed by atoms with E-state index < -0.39 is 0 Å². The molecule has 0 radical (unpaired) electrons. The van der Waals surface area contributed by atoms with Gasteiger partial charge in [0, 0.05) is 47.6 Å². The lowest BCUT2D eigenvalue weighted by molar-refractivity contribution is 0.0773. The highest BCUT2D eigenvalue weighted by molar-refractivity contribution is 7.99. The molecule has 0 spiro atoms. The minimum atomic E-state index is 0.0319. The van der Waals surface area contributed by atoms with Crippen LogP contribution < -0.4 is 5.32 Å². The summed E-state index contributed by atoms with van der Waals surface area (Å²) < 4.78 is 0. The number of benzene rings is 1. The molecule has 1 fully saturated rings. The predicted octanol–water partition coefficient (Wildman–Crippen LogP) is 4.43. The highest BCUT2D eigenvalue weighted by Gasteiger charge is 2.23. The molecule has 1 saturated heterocycles. The highest BCUT2D eigenvalue weighted by Crippen LogP contribution is 2.30. The summed E-state index contributed by atoms with van der Waals surface area (Å²) in [6, 6.07) is 12.3. The molecule has 4 rings (SSSR count). The van der Waals surface area contributed by atoms with Crippen LogP contribution in [-0.2, 0) is 6.42 Å². The molecule has 28 heavy (non-hydrogen) atoms. The van der Waals surface area contributed by atoms with Gasteiger partial charge in [-0.25, -0.2) is 9.97 Å². The first-order valence-electron chi connectivity index (χ1n) is 9.65. The maximum Gasteiger partial charge on any atom is 0.257 e. The molecule has 3 heterocycles. The van der Waals surface area contributed by atoms with E-state index in [-0.39, 0.29) is 5.91 Å². The van der Waals surface area contributed by atoms with E-state index in [0.717, 1.165) is 53.5 Å². The van der Waals surface area contributed by atoms with Crippen molar-refractivity contribution in [2.24, 2.45) is 0 Å². The van der Waals surface area contributed by atoms with Gasteiger partial charge in [-0.15, -0.1) is 0 Å². The normalized spacial score (nSPS) is 14.3. The number of hydrogen-bond acceptors (Lipinski definition) is 5. The zero-order valence-electron chi connectivity index (χ0n) is 16.2. The Kier molecular flexibility index (Phi) is 5.48. The molecule has 0 bridgehead atoms. The minimum Gasteiger partial charge on any atom is -0.354 e. The van der Waals surface area contributed by atoms with Crippen LogP contribution in [0.5, 0.6) is 0 Å². The van der Waals surface area contributed by atoms with E-state index in [1.165, 1.54) is 5.56 Å². The third-order valence-electron chi connectivity index (χ3n) is 5.00. The molecule has 1 aliphatic rings. The predicted molar refractivity (Wildman–Crippen MR) is 117 cm³/mol. The van der Waals surface area contributed by atoms with Crippen molar-refractivity contribution in [2.75, 3.05) is 29.9 Å². The third-order valence-corrected chi connectivity index (χ3v) is 5.94. The van der Waals surface area contributed by atoms with Gasteiger partial charge in [0.1, 0.15) is 0 Å². The first-order chi connectivity index (χ1) is 13.7. The second-order valence-corrected chi connectivity index (χ2v) is 8.18. The number of hydrogen-bond donors (Lipinski definition) is 1. The van der Waals surface area contributed by atoms with Gasteiger partial charge in [0.15, 0.2) is 5.65 Å². The summed E-state index contributed by atoms with van der Waals surface area (Å²) in [6.07, 6.45) is 2.63. The van der Waals surface area contributed by atoms with Gasteiger partial charge in [0.2, 0.25) is 0 Å². The van der Waals surface area contributed by atoms with E-state index in [1.54, 1.807) is 6.20 Å². The number of pyridine rings is 2. The Labute approximate surface area is 169 Å². The van der Waals surface area contributed by atoms with Crippen molar-refractivity contribution >= 4 is 40.1 Å². The molecule has 1 amide bonds. The SMILES string of the molecule is CCc1cccc(Nc2c(C(=O)N3CCSCC3)cnc3nc(C)ccc23)c1. The Morgan fingerprint density at radius 2 is 2.04 bits per heavy atom. The molecule has 144 valence electrons. The zero-order valence-corrected chi connectivity index (χ0v) is 17.1. The largest absolute Gasteiger partial charge is 0.354 e. The van der Waals surface area contributed by atoms with Crippen LogP contribution in [0.2, 0.25) is 0 Å². The molecule has 1 aromatic carbocycles. The molecule has 2 aromatic heterocycles. The number of nitrogens with zero attached hydrogens (tertiary/aromatic N) is 3. The highest BCUT2D eigenvalue weighted by atomic mass is 32.2. The Morgan fingerprint density at radius 1 is 1.21 bits per heavy atom. The van der Waals surface area contributed by atoms with Gasteiger partial charge < -0.3 is 10.2 Å². The van der Waals surface area contributed by atoms with Crippen LogP contribution in [0.15, 0.2) is 42.6 Å². The summed E-state index contributed by atoms with van der Waals surface area (Å²) in [4.78, 5) is 24.2. The smallest absolute Gasteiger partial charge is 0.257 e. The molecular weight excluding hydrogens is 368 g/mol. The molecule has 0 saturated carbocycles. The van der Waals surface area contributed by atoms with Crippen LogP contribution in [0, 0.1) is 6.92 Å². The van der Waals surface area contributed by atoms with E-state index >= 15 is 0 Å². The fraction of sp³-hybridized carbons (Fsp3) is 0.318. The van der Waals surface area contributed by atoms with Gasteiger partial charge in [0.05, 0.1) is 11.3 Å². The number of rotatable bonds is 4. The summed E-state index contributed by atoms with van der Waals surface area (Å²) in [5.41, 5.74) is 5.17.